The van der Waals surface area contributed by atoms with E-state index < -0.39 is 0 Å². The average Bonchev–Trinajstić information content (AvgIpc) is 2.38. The number of amides is 1. The summed E-state index contributed by atoms with van der Waals surface area (Å²) < 4.78 is 0. The van der Waals surface area contributed by atoms with Crippen LogP contribution < -0.4 is 5.32 Å². The van der Waals surface area contributed by atoms with E-state index in [2.05, 4.69) is 12.2 Å². The molecule has 0 aromatic heterocycles. The lowest BCUT2D eigenvalue weighted by Crippen LogP contribution is -2.45. The quantitative estimate of drug-likeness (QED) is 0.839. The molecule has 0 bridgehead atoms. The van der Waals surface area contributed by atoms with Crippen molar-refractivity contribution in [3.63, 3.8) is 0 Å². The van der Waals surface area contributed by atoms with Crippen LogP contribution >= 0.6 is 0 Å². The fourth-order valence-corrected chi connectivity index (χ4v) is 2.61. The van der Waals surface area contributed by atoms with Gasteiger partial charge >= 0.3 is 0 Å². The molecule has 4 heteroatoms. The first-order chi connectivity index (χ1) is 9.67. The molecule has 110 valence electrons. The van der Waals surface area contributed by atoms with Crippen molar-refractivity contribution in [3.05, 3.63) is 29.3 Å². The maximum Gasteiger partial charge on any atom is 0.254 e. The Labute approximate surface area is 120 Å². The number of rotatable bonds is 6. The summed E-state index contributed by atoms with van der Waals surface area (Å²) in [5, 5.41) is 12.4. The maximum atomic E-state index is 12.6. The van der Waals surface area contributed by atoms with Crippen molar-refractivity contribution >= 4 is 11.6 Å². The molecule has 1 aliphatic rings. The fourth-order valence-electron chi connectivity index (χ4n) is 2.61. The molecule has 0 spiro atoms. The molecule has 0 heterocycles. The molecule has 20 heavy (non-hydrogen) atoms. The number of benzene rings is 1. The largest absolute Gasteiger partial charge is 0.395 e. The Hall–Kier alpha value is -1.55. The van der Waals surface area contributed by atoms with Crippen LogP contribution in [0, 0.1) is 6.92 Å². The summed E-state index contributed by atoms with van der Waals surface area (Å²) in [6.45, 7) is 5.38. The zero-order valence-corrected chi connectivity index (χ0v) is 12.4. The number of aryl methyl sites for hydroxylation is 1. The van der Waals surface area contributed by atoms with Crippen molar-refractivity contribution in [3.8, 4) is 0 Å². The number of hydrogen-bond donors (Lipinski definition) is 2. The van der Waals surface area contributed by atoms with E-state index in [1.807, 2.05) is 30.0 Å². The van der Waals surface area contributed by atoms with Crippen LogP contribution in [0.2, 0.25) is 0 Å². The summed E-state index contributed by atoms with van der Waals surface area (Å²) in [5.74, 6) is 0.0369. The van der Waals surface area contributed by atoms with E-state index in [4.69, 9.17) is 5.11 Å². The Kier molecular flexibility index (Phi) is 5.01. The van der Waals surface area contributed by atoms with E-state index in [0.717, 1.165) is 30.6 Å². The number of carbonyl (C=O) groups is 1. The summed E-state index contributed by atoms with van der Waals surface area (Å²) >= 11 is 0. The Morgan fingerprint density at radius 1 is 1.45 bits per heavy atom. The number of anilines is 1. The van der Waals surface area contributed by atoms with Gasteiger partial charge in [-0.15, -0.1) is 0 Å². The molecule has 1 aliphatic carbocycles. The smallest absolute Gasteiger partial charge is 0.254 e. The minimum atomic E-state index is 0.0245. The van der Waals surface area contributed by atoms with E-state index in [9.17, 15) is 4.79 Å². The Morgan fingerprint density at radius 3 is 2.70 bits per heavy atom. The topological polar surface area (TPSA) is 52.6 Å². The van der Waals surface area contributed by atoms with E-state index in [-0.39, 0.29) is 12.5 Å². The number of carbonyl (C=O) groups excluding carboxylic acids is 1. The normalized spacial score (nSPS) is 14.8. The van der Waals surface area contributed by atoms with Gasteiger partial charge in [0.1, 0.15) is 0 Å². The predicted octanol–water partition coefficient (Wildman–Crippen LogP) is 2.41. The zero-order chi connectivity index (χ0) is 14.5. The number of hydrogen-bond acceptors (Lipinski definition) is 3. The van der Waals surface area contributed by atoms with Crippen molar-refractivity contribution in [1.82, 2.24) is 4.90 Å². The molecule has 2 N–H and O–H groups in total. The highest BCUT2D eigenvalue weighted by Gasteiger charge is 2.29. The van der Waals surface area contributed by atoms with Crippen LogP contribution in [0.25, 0.3) is 0 Å². The van der Waals surface area contributed by atoms with Crippen LogP contribution in [0.1, 0.15) is 42.1 Å². The van der Waals surface area contributed by atoms with E-state index >= 15 is 0 Å². The van der Waals surface area contributed by atoms with E-state index in [1.165, 1.54) is 6.42 Å². The maximum absolute atomic E-state index is 12.6. The van der Waals surface area contributed by atoms with Gasteiger partial charge < -0.3 is 15.3 Å². The molecule has 1 saturated carbocycles. The van der Waals surface area contributed by atoms with Gasteiger partial charge in [0.25, 0.3) is 5.91 Å². The average molecular weight is 276 g/mol. The molecule has 0 unspecified atom stereocenters. The highest BCUT2D eigenvalue weighted by molar-refractivity contribution is 5.95. The van der Waals surface area contributed by atoms with Gasteiger partial charge in [-0.25, -0.2) is 0 Å². The molecular formula is C16H24N2O2. The fraction of sp³-hybridized carbons (Fsp3) is 0.562. The van der Waals surface area contributed by atoms with Gasteiger partial charge in [0.05, 0.1) is 6.61 Å². The van der Waals surface area contributed by atoms with Crippen LogP contribution in [0.5, 0.6) is 0 Å². The first kappa shape index (κ1) is 14.9. The zero-order valence-electron chi connectivity index (χ0n) is 12.4. The van der Waals surface area contributed by atoms with Crippen LogP contribution in [0.3, 0.4) is 0 Å². The highest BCUT2D eigenvalue weighted by Crippen LogP contribution is 2.26. The van der Waals surface area contributed by atoms with Crippen molar-refractivity contribution in [2.45, 2.75) is 39.2 Å². The molecule has 0 atom stereocenters. The van der Waals surface area contributed by atoms with E-state index in [0.29, 0.717) is 18.2 Å². The standard InChI is InChI=1S/C16H24N2O2/c1-3-17-15-8-7-13(11-12(15)2)16(20)18(9-10-19)14-5-4-6-14/h7-8,11,14,17,19H,3-6,9-10H2,1-2H3. The Bertz CT molecular complexity index is 470. The summed E-state index contributed by atoms with van der Waals surface area (Å²) in [5.41, 5.74) is 2.86. The van der Waals surface area contributed by atoms with Crippen LogP contribution in [-0.4, -0.2) is 41.7 Å². The van der Waals surface area contributed by atoms with Gasteiger partial charge in [-0.05, 0) is 56.9 Å². The van der Waals surface area contributed by atoms with Crippen molar-refractivity contribution < 1.29 is 9.90 Å². The summed E-state index contributed by atoms with van der Waals surface area (Å²) in [4.78, 5) is 14.4. The number of nitrogens with zero attached hydrogens (tertiary/aromatic N) is 1. The third kappa shape index (κ3) is 3.12. The van der Waals surface area contributed by atoms with Crippen molar-refractivity contribution in [2.24, 2.45) is 0 Å². The second kappa shape index (κ2) is 6.75. The molecule has 0 radical (unpaired) electrons. The van der Waals surface area contributed by atoms with Gasteiger partial charge in [-0.3, -0.25) is 4.79 Å². The van der Waals surface area contributed by atoms with Gasteiger partial charge in [-0.1, -0.05) is 0 Å². The number of aliphatic hydroxyl groups is 1. The predicted molar refractivity (Wildman–Crippen MR) is 81.1 cm³/mol. The van der Waals surface area contributed by atoms with Crippen molar-refractivity contribution in [2.75, 3.05) is 25.0 Å². The summed E-state index contributed by atoms with van der Waals surface area (Å²) in [6, 6.07) is 6.08. The van der Waals surface area contributed by atoms with Gasteiger partial charge in [0, 0.05) is 30.4 Å². The van der Waals surface area contributed by atoms with E-state index in [1.54, 1.807) is 0 Å². The van der Waals surface area contributed by atoms with Gasteiger partial charge in [-0.2, -0.15) is 0 Å². The third-order valence-electron chi connectivity index (χ3n) is 3.96. The molecule has 2 rings (SSSR count). The minimum absolute atomic E-state index is 0.0245. The molecule has 1 aromatic carbocycles. The molecule has 1 amide bonds. The first-order valence-electron chi connectivity index (χ1n) is 7.43. The number of nitrogens with one attached hydrogen (secondary N) is 1. The lowest BCUT2D eigenvalue weighted by Gasteiger charge is -2.37. The third-order valence-corrected chi connectivity index (χ3v) is 3.96. The number of aliphatic hydroxyl groups excluding tert-OH is 1. The Balaban J connectivity index is 2.15. The highest BCUT2D eigenvalue weighted by atomic mass is 16.3. The summed E-state index contributed by atoms with van der Waals surface area (Å²) in [6.07, 6.45) is 3.29. The Morgan fingerprint density at radius 2 is 2.20 bits per heavy atom. The van der Waals surface area contributed by atoms with Crippen LogP contribution in [0.15, 0.2) is 18.2 Å². The molecule has 1 fully saturated rings. The molecule has 4 nitrogen and oxygen atoms in total. The second-order valence-corrected chi connectivity index (χ2v) is 5.37. The van der Waals surface area contributed by atoms with Gasteiger partial charge in [0.2, 0.25) is 0 Å². The minimum Gasteiger partial charge on any atom is -0.395 e. The lowest BCUT2D eigenvalue weighted by molar-refractivity contribution is 0.0526. The van der Waals surface area contributed by atoms with Crippen LogP contribution in [-0.2, 0) is 0 Å². The van der Waals surface area contributed by atoms with Crippen molar-refractivity contribution in [1.29, 1.82) is 0 Å². The summed E-state index contributed by atoms with van der Waals surface area (Å²) in [7, 11) is 0. The first-order valence-corrected chi connectivity index (χ1v) is 7.43. The SMILES string of the molecule is CCNc1ccc(C(=O)N(CCO)C2CCC2)cc1C. The van der Waals surface area contributed by atoms with Gasteiger partial charge in [0.15, 0.2) is 0 Å². The lowest BCUT2D eigenvalue weighted by atomic mass is 9.91. The molecule has 0 saturated heterocycles. The second-order valence-electron chi connectivity index (χ2n) is 5.37. The molecule has 0 aliphatic heterocycles. The van der Waals surface area contributed by atoms with Crippen LogP contribution in [0.4, 0.5) is 5.69 Å². The molecule has 1 aromatic rings. The molecular weight excluding hydrogens is 252 g/mol. The monoisotopic (exact) mass is 276 g/mol.